The van der Waals surface area contributed by atoms with E-state index in [4.69, 9.17) is 15.6 Å². The molecule has 0 aromatic rings. The summed E-state index contributed by atoms with van der Waals surface area (Å²) in [7, 11) is 0. The Balaban J connectivity index is 2.66. The smallest absolute Gasteiger partial charge is 0.306 e. The van der Waals surface area contributed by atoms with E-state index in [1.165, 1.54) is 0 Å². The molecule has 1 rings (SSSR count). The van der Waals surface area contributed by atoms with Crippen molar-refractivity contribution in [3.63, 3.8) is 0 Å². The summed E-state index contributed by atoms with van der Waals surface area (Å²) in [5.74, 6) is -0.919. The van der Waals surface area contributed by atoms with Gasteiger partial charge in [0.25, 0.3) is 0 Å². The third kappa shape index (κ3) is 3.43. The summed E-state index contributed by atoms with van der Waals surface area (Å²) in [5, 5.41) is 8.74. The SMILES string of the molecule is CCC(C)(CN)C(=O)N1CCOC(CC(=O)O)C1. The maximum absolute atomic E-state index is 12.4. The van der Waals surface area contributed by atoms with Gasteiger partial charge in [0, 0.05) is 19.6 Å². The number of carboxylic acid groups (broad SMARTS) is 1. The van der Waals surface area contributed by atoms with Crippen molar-refractivity contribution < 1.29 is 19.4 Å². The Kier molecular flexibility index (Phi) is 5.10. The number of amides is 1. The molecule has 0 aliphatic carbocycles. The van der Waals surface area contributed by atoms with E-state index in [2.05, 4.69) is 0 Å². The van der Waals surface area contributed by atoms with Gasteiger partial charge in [-0.25, -0.2) is 0 Å². The molecule has 6 heteroatoms. The second kappa shape index (κ2) is 6.15. The van der Waals surface area contributed by atoms with Crippen LogP contribution in [0.2, 0.25) is 0 Å². The number of nitrogens with two attached hydrogens (primary N) is 1. The zero-order chi connectivity index (χ0) is 13.8. The first-order valence-electron chi connectivity index (χ1n) is 6.25. The van der Waals surface area contributed by atoms with Gasteiger partial charge in [-0.1, -0.05) is 6.92 Å². The summed E-state index contributed by atoms with van der Waals surface area (Å²) in [5.41, 5.74) is 5.10. The first-order valence-corrected chi connectivity index (χ1v) is 6.25. The molecule has 0 saturated carbocycles. The van der Waals surface area contributed by atoms with Gasteiger partial charge in [0.15, 0.2) is 0 Å². The minimum atomic E-state index is -0.911. The molecule has 0 bridgehead atoms. The molecule has 18 heavy (non-hydrogen) atoms. The molecule has 0 radical (unpaired) electrons. The Morgan fingerprint density at radius 2 is 2.22 bits per heavy atom. The van der Waals surface area contributed by atoms with Crippen LogP contribution in [0.3, 0.4) is 0 Å². The Bertz CT molecular complexity index is 315. The van der Waals surface area contributed by atoms with Crippen molar-refractivity contribution in [3.05, 3.63) is 0 Å². The van der Waals surface area contributed by atoms with Crippen LogP contribution in [0.5, 0.6) is 0 Å². The number of morpholine rings is 1. The molecule has 2 unspecified atom stereocenters. The monoisotopic (exact) mass is 258 g/mol. The molecule has 2 atom stereocenters. The summed E-state index contributed by atoms with van der Waals surface area (Å²) < 4.78 is 5.34. The van der Waals surface area contributed by atoms with Gasteiger partial charge in [-0.2, -0.15) is 0 Å². The largest absolute Gasteiger partial charge is 0.481 e. The van der Waals surface area contributed by atoms with Crippen LogP contribution in [0.1, 0.15) is 26.7 Å². The lowest BCUT2D eigenvalue weighted by Gasteiger charge is -2.38. The number of hydrogen-bond donors (Lipinski definition) is 2. The lowest BCUT2D eigenvalue weighted by Crippen LogP contribution is -2.52. The average Bonchev–Trinajstić information content (AvgIpc) is 2.36. The van der Waals surface area contributed by atoms with Gasteiger partial charge in [0.05, 0.1) is 24.5 Å². The molecule has 104 valence electrons. The highest BCUT2D eigenvalue weighted by Gasteiger charge is 2.36. The standard InChI is InChI=1S/C12H22N2O4/c1-3-12(2,8-13)11(17)14-4-5-18-9(7-14)6-10(15)16/h9H,3-8,13H2,1-2H3,(H,15,16). The van der Waals surface area contributed by atoms with Crippen molar-refractivity contribution in [1.82, 2.24) is 4.90 Å². The van der Waals surface area contributed by atoms with Gasteiger partial charge >= 0.3 is 5.97 Å². The zero-order valence-corrected chi connectivity index (χ0v) is 11.0. The molecule has 1 amide bonds. The van der Waals surface area contributed by atoms with Crippen LogP contribution in [-0.4, -0.2) is 54.2 Å². The van der Waals surface area contributed by atoms with Crippen LogP contribution in [-0.2, 0) is 14.3 Å². The summed E-state index contributed by atoms with van der Waals surface area (Å²) in [4.78, 5) is 24.7. The number of hydrogen-bond acceptors (Lipinski definition) is 4. The first kappa shape index (κ1) is 14.9. The fourth-order valence-corrected chi connectivity index (χ4v) is 1.99. The number of carboxylic acids is 1. The van der Waals surface area contributed by atoms with Crippen molar-refractivity contribution in [2.75, 3.05) is 26.2 Å². The highest BCUT2D eigenvalue weighted by atomic mass is 16.5. The number of carbonyl (C=O) groups excluding carboxylic acids is 1. The molecule has 0 aromatic heterocycles. The Morgan fingerprint density at radius 3 is 2.72 bits per heavy atom. The Labute approximate surface area is 107 Å². The third-order valence-corrected chi connectivity index (χ3v) is 3.58. The lowest BCUT2D eigenvalue weighted by molar-refractivity contribution is -0.153. The number of nitrogens with zero attached hydrogens (tertiary/aromatic N) is 1. The maximum atomic E-state index is 12.4. The number of aliphatic carboxylic acids is 1. The van der Waals surface area contributed by atoms with E-state index in [1.807, 2.05) is 13.8 Å². The van der Waals surface area contributed by atoms with Crippen LogP contribution in [0.15, 0.2) is 0 Å². The van der Waals surface area contributed by atoms with E-state index < -0.39 is 17.5 Å². The molecular weight excluding hydrogens is 236 g/mol. The minimum absolute atomic E-state index is 0.00816. The summed E-state index contributed by atoms with van der Waals surface area (Å²) >= 11 is 0. The lowest BCUT2D eigenvalue weighted by atomic mass is 9.85. The quantitative estimate of drug-likeness (QED) is 0.727. The highest BCUT2D eigenvalue weighted by Crippen LogP contribution is 2.24. The van der Waals surface area contributed by atoms with Crippen molar-refractivity contribution in [1.29, 1.82) is 0 Å². The molecule has 6 nitrogen and oxygen atoms in total. The topological polar surface area (TPSA) is 92.9 Å². The van der Waals surface area contributed by atoms with Crippen LogP contribution in [0, 0.1) is 5.41 Å². The molecule has 1 aliphatic rings. The van der Waals surface area contributed by atoms with Gasteiger partial charge in [0.1, 0.15) is 0 Å². The zero-order valence-electron chi connectivity index (χ0n) is 11.0. The van der Waals surface area contributed by atoms with Gasteiger partial charge < -0.3 is 20.5 Å². The predicted molar refractivity (Wildman–Crippen MR) is 66.0 cm³/mol. The van der Waals surface area contributed by atoms with E-state index in [9.17, 15) is 9.59 Å². The highest BCUT2D eigenvalue weighted by molar-refractivity contribution is 5.82. The minimum Gasteiger partial charge on any atom is -0.481 e. The van der Waals surface area contributed by atoms with E-state index in [0.717, 1.165) is 0 Å². The van der Waals surface area contributed by atoms with Crippen LogP contribution in [0.25, 0.3) is 0 Å². The van der Waals surface area contributed by atoms with Gasteiger partial charge in [-0.15, -0.1) is 0 Å². The number of carbonyl (C=O) groups is 2. The van der Waals surface area contributed by atoms with E-state index in [0.29, 0.717) is 32.7 Å². The van der Waals surface area contributed by atoms with Crippen molar-refractivity contribution in [2.45, 2.75) is 32.8 Å². The molecule has 3 N–H and O–H groups in total. The van der Waals surface area contributed by atoms with E-state index >= 15 is 0 Å². The molecule has 1 fully saturated rings. The summed E-state index contributed by atoms with van der Waals surface area (Å²) in [6, 6.07) is 0. The average molecular weight is 258 g/mol. The fraction of sp³-hybridized carbons (Fsp3) is 0.833. The van der Waals surface area contributed by atoms with Gasteiger partial charge in [-0.3, -0.25) is 9.59 Å². The molecule has 1 heterocycles. The Morgan fingerprint density at radius 1 is 1.56 bits per heavy atom. The van der Waals surface area contributed by atoms with E-state index in [-0.39, 0.29) is 12.3 Å². The van der Waals surface area contributed by atoms with E-state index in [1.54, 1.807) is 4.90 Å². The molecular formula is C12H22N2O4. The Hall–Kier alpha value is -1.14. The summed E-state index contributed by atoms with van der Waals surface area (Å²) in [6.45, 7) is 5.29. The normalized spacial score (nSPS) is 23.5. The predicted octanol–water partition coefficient (Wildman–Crippen LogP) is 0.0635. The molecule has 1 saturated heterocycles. The van der Waals surface area contributed by atoms with Crippen molar-refractivity contribution in [2.24, 2.45) is 11.1 Å². The van der Waals surface area contributed by atoms with Crippen LogP contribution >= 0.6 is 0 Å². The second-order valence-corrected chi connectivity index (χ2v) is 4.96. The van der Waals surface area contributed by atoms with Crippen molar-refractivity contribution in [3.8, 4) is 0 Å². The number of ether oxygens (including phenoxy) is 1. The fourth-order valence-electron chi connectivity index (χ4n) is 1.99. The van der Waals surface area contributed by atoms with Crippen LogP contribution < -0.4 is 5.73 Å². The molecule has 1 aliphatic heterocycles. The van der Waals surface area contributed by atoms with Gasteiger partial charge in [-0.05, 0) is 13.3 Å². The number of rotatable bonds is 5. The first-order chi connectivity index (χ1) is 8.42. The van der Waals surface area contributed by atoms with Crippen molar-refractivity contribution >= 4 is 11.9 Å². The van der Waals surface area contributed by atoms with Crippen LogP contribution in [0.4, 0.5) is 0 Å². The van der Waals surface area contributed by atoms with Gasteiger partial charge in [0.2, 0.25) is 5.91 Å². The second-order valence-electron chi connectivity index (χ2n) is 4.96. The third-order valence-electron chi connectivity index (χ3n) is 3.58. The molecule has 0 spiro atoms. The molecule has 0 aromatic carbocycles. The maximum Gasteiger partial charge on any atom is 0.306 e. The summed E-state index contributed by atoms with van der Waals surface area (Å²) in [6.07, 6.45) is 0.178.